The van der Waals surface area contributed by atoms with E-state index in [1.165, 1.54) is 13.3 Å². The number of esters is 1. The van der Waals surface area contributed by atoms with E-state index in [4.69, 9.17) is 0 Å². The number of aromatic nitrogens is 1. The standard InChI is InChI=1S/C10H12BrNO2/c1-6(2)9-4-8(11)7(5-12-9)10(13)14-3/h4-6H,1-3H3. The molecule has 0 saturated carbocycles. The molecule has 1 heterocycles. The van der Waals surface area contributed by atoms with Crippen LogP contribution in [-0.2, 0) is 4.74 Å². The van der Waals surface area contributed by atoms with Crippen molar-refractivity contribution >= 4 is 21.9 Å². The van der Waals surface area contributed by atoms with Crippen molar-refractivity contribution in [2.24, 2.45) is 0 Å². The second-order valence-electron chi connectivity index (χ2n) is 3.24. The Morgan fingerprint density at radius 1 is 1.57 bits per heavy atom. The number of nitrogens with zero attached hydrogens (tertiary/aromatic N) is 1. The second-order valence-corrected chi connectivity index (χ2v) is 4.09. The number of carbonyl (C=O) groups excluding carboxylic acids is 1. The fourth-order valence-electron chi connectivity index (χ4n) is 1.02. The summed E-state index contributed by atoms with van der Waals surface area (Å²) in [5, 5.41) is 0. The topological polar surface area (TPSA) is 39.2 Å². The molecule has 0 bridgehead atoms. The second kappa shape index (κ2) is 4.55. The third kappa shape index (κ3) is 2.32. The SMILES string of the molecule is COC(=O)c1cnc(C(C)C)cc1Br. The van der Waals surface area contributed by atoms with Crippen LogP contribution in [0, 0.1) is 0 Å². The van der Waals surface area contributed by atoms with Gasteiger partial charge in [-0.1, -0.05) is 13.8 Å². The molecule has 0 aliphatic rings. The summed E-state index contributed by atoms with van der Waals surface area (Å²) in [6, 6.07) is 1.84. The predicted molar refractivity (Wildman–Crippen MR) is 57.4 cm³/mol. The van der Waals surface area contributed by atoms with Gasteiger partial charge in [0.25, 0.3) is 0 Å². The zero-order valence-electron chi connectivity index (χ0n) is 8.37. The van der Waals surface area contributed by atoms with Crippen molar-refractivity contribution in [3.05, 3.63) is 28.0 Å². The van der Waals surface area contributed by atoms with E-state index in [0.717, 1.165) is 10.2 Å². The predicted octanol–water partition coefficient (Wildman–Crippen LogP) is 2.75. The Balaban J connectivity index is 3.07. The third-order valence-corrected chi connectivity index (χ3v) is 2.53. The fraction of sp³-hybridized carbons (Fsp3) is 0.400. The van der Waals surface area contributed by atoms with Crippen molar-refractivity contribution in [2.45, 2.75) is 19.8 Å². The number of pyridine rings is 1. The summed E-state index contributed by atoms with van der Waals surface area (Å²) in [6.07, 6.45) is 1.53. The minimum absolute atomic E-state index is 0.345. The lowest BCUT2D eigenvalue weighted by Gasteiger charge is -2.07. The first kappa shape index (κ1) is 11.2. The van der Waals surface area contributed by atoms with E-state index in [0.29, 0.717) is 11.5 Å². The minimum atomic E-state index is -0.375. The highest BCUT2D eigenvalue weighted by Crippen LogP contribution is 2.21. The first-order valence-corrected chi connectivity index (χ1v) is 5.09. The van der Waals surface area contributed by atoms with Gasteiger partial charge < -0.3 is 4.74 Å². The third-order valence-electron chi connectivity index (χ3n) is 1.87. The van der Waals surface area contributed by atoms with Crippen LogP contribution in [-0.4, -0.2) is 18.1 Å². The van der Waals surface area contributed by atoms with Crippen molar-refractivity contribution in [1.29, 1.82) is 0 Å². The summed E-state index contributed by atoms with van der Waals surface area (Å²) in [7, 11) is 1.35. The van der Waals surface area contributed by atoms with Crippen LogP contribution >= 0.6 is 15.9 Å². The molecular weight excluding hydrogens is 246 g/mol. The lowest BCUT2D eigenvalue weighted by atomic mass is 10.1. The Bertz CT molecular complexity index is 350. The van der Waals surface area contributed by atoms with E-state index in [1.807, 2.05) is 19.9 Å². The highest BCUT2D eigenvalue weighted by atomic mass is 79.9. The maximum absolute atomic E-state index is 11.2. The lowest BCUT2D eigenvalue weighted by Crippen LogP contribution is -2.04. The van der Waals surface area contributed by atoms with Crippen molar-refractivity contribution in [2.75, 3.05) is 7.11 Å². The molecular formula is C10H12BrNO2. The number of hydrogen-bond donors (Lipinski definition) is 0. The molecule has 0 spiro atoms. The van der Waals surface area contributed by atoms with Gasteiger partial charge >= 0.3 is 5.97 Å². The Morgan fingerprint density at radius 3 is 2.64 bits per heavy atom. The van der Waals surface area contributed by atoms with Crippen LogP contribution < -0.4 is 0 Å². The average Bonchev–Trinajstić information content (AvgIpc) is 2.16. The summed E-state index contributed by atoms with van der Waals surface area (Å²) in [5.41, 5.74) is 1.40. The largest absolute Gasteiger partial charge is 0.465 e. The summed E-state index contributed by atoms with van der Waals surface area (Å²) in [4.78, 5) is 15.4. The Morgan fingerprint density at radius 2 is 2.21 bits per heavy atom. The van der Waals surface area contributed by atoms with E-state index in [2.05, 4.69) is 25.7 Å². The summed E-state index contributed by atoms with van der Waals surface area (Å²) >= 11 is 3.32. The average molecular weight is 258 g/mol. The van der Waals surface area contributed by atoms with Crippen LogP contribution in [0.1, 0.15) is 35.8 Å². The summed E-state index contributed by atoms with van der Waals surface area (Å²) < 4.78 is 5.33. The molecule has 1 aromatic heterocycles. The van der Waals surface area contributed by atoms with Gasteiger partial charge in [-0.15, -0.1) is 0 Å². The molecule has 1 rings (SSSR count). The zero-order valence-corrected chi connectivity index (χ0v) is 9.96. The van der Waals surface area contributed by atoms with E-state index in [9.17, 15) is 4.79 Å². The number of methoxy groups -OCH3 is 1. The number of rotatable bonds is 2. The molecule has 0 aromatic carbocycles. The van der Waals surface area contributed by atoms with Gasteiger partial charge in [-0.05, 0) is 27.9 Å². The monoisotopic (exact) mass is 257 g/mol. The molecule has 0 aliphatic carbocycles. The lowest BCUT2D eigenvalue weighted by molar-refractivity contribution is 0.0599. The summed E-state index contributed by atoms with van der Waals surface area (Å²) in [6.45, 7) is 4.10. The number of ether oxygens (including phenoxy) is 1. The Hall–Kier alpha value is -0.900. The van der Waals surface area contributed by atoms with Crippen LogP contribution in [0.15, 0.2) is 16.7 Å². The smallest absolute Gasteiger partial charge is 0.340 e. The molecule has 1 aromatic rings. The van der Waals surface area contributed by atoms with Crippen molar-refractivity contribution in [3.63, 3.8) is 0 Å². The molecule has 3 nitrogen and oxygen atoms in total. The first-order valence-electron chi connectivity index (χ1n) is 4.30. The quantitative estimate of drug-likeness (QED) is 0.765. The Labute approximate surface area is 91.6 Å². The molecule has 0 N–H and O–H groups in total. The van der Waals surface area contributed by atoms with Gasteiger partial charge in [0.1, 0.15) is 0 Å². The van der Waals surface area contributed by atoms with Crippen LogP contribution in [0.4, 0.5) is 0 Å². The van der Waals surface area contributed by atoms with Crippen LogP contribution in [0.25, 0.3) is 0 Å². The van der Waals surface area contributed by atoms with Crippen molar-refractivity contribution in [1.82, 2.24) is 4.98 Å². The molecule has 0 saturated heterocycles. The molecule has 0 atom stereocenters. The van der Waals surface area contributed by atoms with Gasteiger partial charge in [0.05, 0.1) is 12.7 Å². The number of carbonyl (C=O) groups is 1. The molecule has 0 aliphatic heterocycles. The fourth-order valence-corrected chi connectivity index (χ4v) is 1.52. The zero-order chi connectivity index (χ0) is 10.7. The van der Waals surface area contributed by atoms with Crippen molar-refractivity contribution < 1.29 is 9.53 Å². The molecule has 0 amide bonds. The van der Waals surface area contributed by atoms with Gasteiger partial charge in [0, 0.05) is 16.4 Å². The molecule has 4 heteroatoms. The number of hydrogen-bond acceptors (Lipinski definition) is 3. The van der Waals surface area contributed by atoms with Crippen molar-refractivity contribution in [3.8, 4) is 0 Å². The molecule has 14 heavy (non-hydrogen) atoms. The molecule has 0 fully saturated rings. The molecule has 0 radical (unpaired) electrons. The van der Waals surface area contributed by atoms with Gasteiger partial charge in [0.15, 0.2) is 0 Å². The maximum atomic E-state index is 11.2. The van der Waals surface area contributed by atoms with Gasteiger partial charge in [-0.25, -0.2) is 4.79 Å². The highest BCUT2D eigenvalue weighted by molar-refractivity contribution is 9.10. The van der Waals surface area contributed by atoms with E-state index in [-0.39, 0.29) is 5.97 Å². The van der Waals surface area contributed by atoms with E-state index in [1.54, 1.807) is 0 Å². The van der Waals surface area contributed by atoms with Gasteiger partial charge in [0.2, 0.25) is 0 Å². The van der Waals surface area contributed by atoms with E-state index < -0.39 is 0 Å². The number of halogens is 1. The van der Waals surface area contributed by atoms with Gasteiger partial charge in [-0.3, -0.25) is 4.98 Å². The van der Waals surface area contributed by atoms with Crippen LogP contribution in [0.5, 0.6) is 0 Å². The molecule has 76 valence electrons. The minimum Gasteiger partial charge on any atom is -0.465 e. The summed E-state index contributed by atoms with van der Waals surface area (Å²) in [5.74, 6) is -0.0299. The van der Waals surface area contributed by atoms with Gasteiger partial charge in [-0.2, -0.15) is 0 Å². The van der Waals surface area contributed by atoms with Crippen LogP contribution in [0.2, 0.25) is 0 Å². The van der Waals surface area contributed by atoms with E-state index >= 15 is 0 Å². The van der Waals surface area contributed by atoms with Crippen LogP contribution in [0.3, 0.4) is 0 Å². The first-order chi connectivity index (χ1) is 6.56. The maximum Gasteiger partial charge on any atom is 0.340 e. The molecule has 0 unspecified atom stereocenters. The normalized spacial score (nSPS) is 10.4. The highest BCUT2D eigenvalue weighted by Gasteiger charge is 2.12. The Kier molecular flexibility index (Phi) is 3.63.